The summed E-state index contributed by atoms with van der Waals surface area (Å²) in [6.07, 6.45) is 6.81. The van der Waals surface area contributed by atoms with E-state index in [1.165, 1.54) is 0 Å². The van der Waals surface area contributed by atoms with Gasteiger partial charge in [-0.25, -0.2) is 0 Å². The number of likely N-dealkylation sites (tertiary alicyclic amines) is 1. The molecular formula is C27H23N3O2. The fourth-order valence-corrected chi connectivity index (χ4v) is 4.52. The molecule has 5 nitrogen and oxygen atoms in total. The van der Waals surface area contributed by atoms with Gasteiger partial charge in [-0.1, -0.05) is 42.5 Å². The first-order valence-corrected chi connectivity index (χ1v) is 10.9. The Hall–Kier alpha value is -3.86. The van der Waals surface area contributed by atoms with Gasteiger partial charge in [-0.3, -0.25) is 19.6 Å². The highest BCUT2D eigenvalue weighted by Gasteiger charge is 2.30. The van der Waals surface area contributed by atoms with Crippen molar-refractivity contribution in [3.63, 3.8) is 0 Å². The Morgan fingerprint density at radius 1 is 0.875 bits per heavy atom. The zero-order valence-corrected chi connectivity index (χ0v) is 17.6. The molecule has 0 spiro atoms. The fraction of sp³-hybridized carbons (Fsp3) is 0.185. The van der Waals surface area contributed by atoms with E-state index in [2.05, 4.69) is 9.97 Å². The van der Waals surface area contributed by atoms with E-state index in [1.807, 2.05) is 65.7 Å². The predicted molar refractivity (Wildman–Crippen MR) is 124 cm³/mol. The van der Waals surface area contributed by atoms with Crippen LogP contribution in [0.3, 0.4) is 0 Å². The van der Waals surface area contributed by atoms with Crippen LogP contribution in [0.15, 0.2) is 85.3 Å². The molecule has 0 aliphatic carbocycles. The van der Waals surface area contributed by atoms with Gasteiger partial charge >= 0.3 is 0 Å². The molecule has 1 saturated heterocycles. The Kier molecular flexibility index (Phi) is 5.46. The third-order valence-electron chi connectivity index (χ3n) is 6.12. The van der Waals surface area contributed by atoms with Crippen LogP contribution in [0.1, 0.15) is 33.7 Å². The van der Waals surface area contributed by atoms with Crippen molar-refractivity contribution in [2.24, 2.45) is 5.92 Å². The molecule has 0 bridgehead atoms. The third-order valence-corrected chi connectivity index (χ3v) is 6.12. The number of hydrogen-bond acceptors (Lipinski definition) is 4. The fourth-order valence-electron chi connectivity index (χ4n) is 4.52. The van der Waals surface area contributed by atoms with E-state index in [4.69, 9.17) is 0 Å². The van der Waals surface area contributed by atoms with Crippen LogP contribution in [0.2, 0.25) is 0 Å². The molecule has 1 unspecified atom stereocenters. The van der Waals surface area contributed by atoms with Crippen molar-refractivity contribution in [1.82, 2.24) is 14.9 Å². The summed E-state index contributed by atoms with van der Waals surface area (Å²) in [5.41, 5.74) is 3.20. The summed E-state index contributed by atoms with van der Waals surface area (Å²) >= 11 is 0. The number of benzene rings is 2. The van der Waals surface area contributed by atoms with E-state index in [-0.39, 0.29) is 17.6 Å². The largest absolute Gasteiger partial charge is 0.338 e. The first-order chi connectivity index (χ1) is 15.7. The number of amides is 1. The second-order valence-electron chi connectivity index (χ2n) is 8.12. The maximum atomic E-state index is 13.6. The van der Waals surface area contributed by atoms with Gasteiger partial charge < -0.3 is 4.90 Å². The smallest absolute Gasteiger partial charge is 0.254 e. The number of fused-ring (bicyclic) bond motifs is 1. The minimum absolute atomic E-state index is 0.0138. The molecule has 0 N–H and O–H groups in total. The number of carbonyl (C=O) groups is 2. The Bertz CT molecular complexity index is 1270. The van der Waals surface area contributed by atoms with Crippen molar-refractivity contribution in [2.45, 2.75) is 12.8 Å². The van der Waals surface area contributed by atoms with Gasteiger partial charge in [0, 0.05) is 48.7 Å². The van der Waals surface area contributed by atoms with E-state index in [0.29, 0.717) is 24.3 Å². The van der Waals surface area contributed by atoms with Gasteiger partial charge in [-0.2, -0.15) is 0 Å². The molecule has 158 valence electrons. The molecule has 0 saturated carbocycles. The average Bonchev–Trinajstić information content (AvgIpc) is 2.88. The molecule has 1 aliphatic rings. The van der Waals surface area contributed by atoms with Crippen molar-refractivity contribution in [3.05, 3.63) is 96.6 Å². The van der Waals surface area contributed by atoms with Gasteiger partial charge in [0.05, 0.1) is 0 Å². The Morgan fingerprint density at radius 3 is 2.50 bits per heavy atom. The highest BCUT2D eigenvalue weighted by molar-refractivity contribution is 6.11. The van der Waals surface area contributed by atoms with Gasteiger partial charge in [-0.15, -0.1) is 0 Å². The molecule has 3 heterocycles. The highest BCUT2D eigenvalue weighted by Crippen LogP contribution is 2.32. The van der Waals surface area contributed by atoms with Crippen molar-refractivity contribution in [2.75, 3.05) is 13.1 Å². The van der Waals surface area contributed by atoms with Gasteiger partial charge in [0.15, 0.2) is 5.78 Å². The first kappa shape index (κ1) is 20.1. The zero-order valence-electron chi connectivity index (χ0n) is 17.6. The molecule has 4 aromatic rings. The van der Waals surface area contributed by atoms with Crippen LogP contribution in [0.25, 0.3) is 21.9 Å². The maximum Gasteiger partial charge on any atom is 0.254 e. The third kappa shape index (κ3) is 3.78. The molecule has 2 aromatic carbocycles. The highest BCUT2D eigenvalue weighted by atomic mass is 16.2. The van der Waals surface area contributed by atoms with Crippen molar-refractivity contribution in [3.8, 4) is 11.1 Å². The summed E-state index contributed by atoms with van der Waals surface area (Å²) in [6, 6.07) is 21.2. The van der Waals surface area contributed by atoms with E-state index in [9.17, 15) is 9.59 Å². The van der Waals surface area contributed by atoms with Crippen LogP contribution in [0, 0.1) is 5.92 Å². The number of ketones is 1. The van der Waals surface area contributed by atoms with Crippen LogP contribution in [0.4, 0.5) is 0 Å². The average molecular weight is 422 g/mol. The number of piperidine rings is 1. The molecule has 0 radical (unpaired) electrons. The monoisotopic (exact) mass is 421 g/mol. The summed E-state index contributed by atoms with van der Waals surface area (Å²) in [4.78, 5) is 36.7. The lowest BCUT2D eigenvalue weighted by molar-refractivity contribution is 0.0637. The summed E-state index contributed by atoms with van der Waals surface area (Å²) < 4.78 is 0. The molecule has 2 aromatic heterocycles. The minimum atomic E-state index is -0.219. The number of aromatic nitrogens is 2. The normalized spacial score (nSPS) is 16.1. The predicted octanol–water partition coefficient (Wildman–Crippen LogP) is 5.03. The number of rotatable bonds is 4. The van der Waals surface area contributed by atoms with Crippen LogP contribution in [-0.2, 0) is 0 Å². The SMILES string of the molecule is O=C(c1ccccn1)C1CCCN(C(=O)c2ccc(-c3cccnc3)c3ccccc23)C1. The van der Waals surface area contributed by atoms with Crippen LogP contribution >= 0.6 is 0 Å². The molecule has 1 atom stereocenters. The lowest BCUT2D eigenvalue weighted by Gasteiger charge is -2.32. The first-order valence-electron chi connectivity index (χ1n) is 10.9. The molecule has 32 heavy (non-hydrogen) atoms. The standard InChI is InChI=1S/C27H23N3O2/c31-26(25-11-3-4-15-29-25)20-8-6-16-30(18-20)27(32)24-13-12-21(19-7-5-14-28-17-19)22-9-1-2-10-23(22)24/h1-5,7,9-15,17,20H,6,8,16,18H2. The quantitative estimate of drug-likeness (QED) is 0.434. The lowest BCUT2D eigenvalue weighted by Crippen LogP contribution is -2.42. The van der Waals surface area contributed by atoms with E-state index in [1.54, 1.807) is 24.5 Å². The number of Topliss-reactive ketones (excluding diaryl/α,β-unsaturated/α-hetero) is 1. The Balaban J connectivity index is 1.45. The molecule has 5 heteroatoms. The molecule has 1 aliphatic heterocycles. The van der Waals surface area contributed by atoms with Gasteiger partial charge in [-0.05, 0) is 53.4 Å². The van der Waals surface area contributed by atoms with E-state index in [0.717, 1.165) is 34.7 Å². The Morgan fingerprint density at radius 2 is 1.72 bits per heavy atom. The number of hydrogen-bond donors (Lipinski definition) is 0. The topological polar surface area (TPSA) is 63.2 Å². The summed E-state index contributed by atoms with van der Waals surface area (Å²) in [7, 11) is 0. The maximum absolute atomic E-state index is 13.6. The van der Waals surface area contributed by atoms with E-state index < -0.39 is 0 Å². The number of nitrogens with zero attached hydrogens (tertiary/aromatic N) is 3. The van der Waals surface area contributed by atoms with Crippen LogP contribution in [0.5, 0.6) is 0 Å². The Labute approximate surface area is 186 Å². The van der Waals surface area contributed by atoms with Crippen molar-refractivity contribution in [1.29, 1.82) is 0 Å². The van der Waals surface area contributed by atoms with Gasteiger partial charge in [0.2, 0.25) is 0 Å². The number of pyridine rings is 2. The summed E-state index contributed by atoms with van der Waals surface area (Å²) in [5, 5.41) is 1.93. The van der Waals surface area contributed by atoms with Gasteiger partial charge in [0.25, 0.3) is 5.91 Å². The second-order valence-corrected chi connectivity index (χ2v) is 8.12. The number of carbonyl (C=O) groups excluding carboxylic acids is 2. The van der Waals surface area contributed by atoms with Crippen molar-refractivity contribution >= 4 is 22.5 Å². The van der Waals surface area contributed by atoms with Crippen molar-refractivity contribution < 1.29 is 9.59 Å². The summed E-state index contributed by atoms with van der Waals surface area (Å²) in [5.74, 6) is -0.235. The lowest BCUT2D eigenvalue weighted by atomic mass is 9.90. The molecule has 5 rings (SSSR count). The molecular weight excluding hydrogens is 398 g/mol. The second kappa shape index (κ2) is 8.71. The van der Waals surface area contributed by atoms with E-state index >= 15 is 0 Å². The molecule has 1 amide bonds. The zero-order chi connectivity index (χ0) is 21.9. The van der Waals surface area contributed by atoms with Crippen LogP contribution < -0.4 is 0 Å². The molecule has 1 fully saturated rings. The van der Waals surface area contributed by atoms with Crippen LogP contribution in [-0.4, -0.2) is 39.6 Å². The minimum Gasteiger partial charge on any atom is -0.338 e. The summed E-state index contributed by atoms with van der Waals surface area (Å²) in [6.45, 7) is 1.08. The van der Waals surface area contributed by atoms with Gasteiger partial charge in [0.1, 0.15) is 5.69 Å².